The van der Waals surface area contributed by atoms with Gasteiger partial charge in [-0.1, -0.05) is 5.92 Å². The number of hydrogen-bond donors (Lipinski definition) is 1. The number of benzene rings is 1. The van der Waals surface area contributed by atoms with Crippen LogP contribution in [0.25, 0.3) is 0 Å². The first-order valence-corrected chi connectivity index (χ1v) is 6.52. The van der Waals surface area contributed by atoms with Crippen molar-refractivity contribution in [2.24, 2.45) is 0 Å². The molecule has 1 aromatic heterocycles. The fourth-order valence-corrected chi connectivity index (χ4v) is 2.54. The molecule has 0 spiro atoms. The molecule has 1 atom stereocenters. The topological polar surface area (TPSA) is 61.9 Å². The van der Waals surface area contributed by atoms with E-state index in [1.54, 1.807) is 24.3 Å². The van der Waals surface area contributed by atoms with Gasteiger partial charge in [-0.2, -0.15) is 5.10 Å². The Kier molecular flexibility index (Phi) is 3.21. The fraction of sp³-hybridized carbons (Fsp3) is 0.267. The molecule has 2 heterocycles. The highest BCUT2D eigenvalue weighted by Gasteiger charge is 2.32. The molecule has 0 aliphatic carbocycles. The van der Waals surface area contributed by atoms with E-state index in [0.29, 0.717) is 5.56 Å². The molecular formula is C15H14N4O. The summed E-state index contributed by atoms with van der Waals surface area (Å²) in [5.41, 5.74) is 1.42. The Labute approximate surface area is 117 Å². The number of carbonyl (C=O) groups is 1. The maximum Gasteiger partial charge on any atom is 0.254 e. The molecule has 1 amide bonds. The number of carbonyl (C=O) groups excluding carboxylic acids is 1. The molecule has 0 bridgehead atoms. The second kappa shape index (κ2) is 5.17. The summed E-state index contributed by atoms with van der Waals surface area (Å²) in [4.78, 5) is 18.6. The second-order valence-corrected chi connectivity index (χ2v) is 4.75. The van der Waals surface area contributed by atoms with Gasteiger partial charge in [-0.05, 0) is 37.1 Å². The fourth-order valence-electron chi connectivity index (χ4n) is 2.54. The molecule has 1 aromatic carbocycles. The van der Waals surface area contributed by atoms with Crippen LogP contribution in [0.4, 0.5) is 0 Å². The van der Waals surface area contributed by atoms with Crippen LogP contribution in [0.3, 0.4) is 0 Å². The Bertz CT molecular complexity index is 640. The number of aromatic amines is 1. The second-order valence-electron chi connectivity index (χ2n) is 4.75. The maximum atomic E-state index is 12.6. The van der Waals surface area contributed by atoms with Crippen molar-refractivity contribution in [3.8, 4) is 12.3 Å². The van der Waals surface area contributed by atoms with E-state index in [1.165, 1.54) is 6.33 Å². The van der Waals surface area contributed by atoms with Gasteiger partial charge in [-0.25, -0.2) is 4.98 Å². The zero-order valence-corrected chi connectivity index (χ0v) is 10.9. The number of amides is 1. The lowest BCUT2D eigenvalue weighted by Crippen LogP contribution is -2.31. The van der Waals surface area contributed by atoms with Crippen LogP contribution in [0.2, 0.25) is 0 Å². The van der Waals surface area contributed by atoms with Gasteiger partial charge in [-0.15, -0.1) is 6.42 Å². The molecule has 1 aliphatic rings. The van der Waals surface area contributed by atoms with Crippen molar-refractivity contribution in [3.05, 3.63) is 47.5 Å². The number of aromatic nitrogens is 3. The number of rotatable bonds is 2. The monoisotopic (exact) mass is 266 g/mol. The number of likely N-dealkylation sites (tertiary alicyclic amines) is 1. The highest BCUT2D eigenvalue weighted by molar-refractivity contribution is 5.94. The molecule has 100 valence electrons. The highest BCUT2D eigenvalue weighted by Crippen LogP contribution is 2.30. The van der Waals surface area contributed by atoms with Crippen molar-refractivity contribution < 1.29 is 4.79 Å². The number of nitrogens with one attached hydrogen (secondary N) is 1. The third-order valence-corrected chi connectivity index (χ3v) is 3.56. The van der Waals surface area contributed by atoms with E-state index in [4.69, 9.17) is 6.42 Å². The normalized spacial score (nSPS) is 17.9. The van der Waals surface area contributed by atoms with Crippen LogP contribution in [0.1, 0.15) is 40.6 Å². The van der Waals surface area contributed by atoms with Gasteiger partial charge < -0.3 is 4.90 Å². The molecule has 1 fully saturated rings. The maximum absolute atomic E-state index is 12.6. The summed E-state index contributed by atoms with van der Waals surface area (Å²) in [6.07, 6.45) is 8.67. The molecule has 1 saturated heterocycles. The van der Waals surface area contributed by atoms with Crippen LogP contribution in [-0.2, 0) is 0 Å². The molecule has 1 aliphatic heterocycles. The van der Waals surface area contributed by atoms with Gasteiger partial charge in [-0.3, -0.25) is 9.89 Å². The Balaban J connectivity index is 1.84. The lowest BCUT2D eigenvalue weighted by atomic mass is 10.1. The van der Waals surface area contributed by atoms with Crippen molar-refractivity contribution in [2.45, 2.75) is 18.9 Å². The summed E-state index contributed by atoms with van der Waals surface area (Å²) >= 11 is 0. The minimum Gasteiger partial charge on any atom is -0.328 e. The smallest absolute Gasteiger partial charge is 0.254 e. The van der Waals surface area contributed by atoms with Crippen LogP contribution in [-0.4, -0.2) is 32.5 Å². The average Bonchev–Trinajstić information content (AvgIpc) is 3.16. The largest absolute Gasteiger partial charge is 0.328 e. The molecule has 1 N–H and O–H groups in total. The Morgan fingerprint density at radius 3 is 2.85 bits per heavy atom. The molecule has 0 saturated carbocycles. The third kappa shape index (κ3) is 2.16. The number of nitrogens with zero attached hydrogens (tertiary/aromatic N) is 3. The minimum atomic E-state index is -0.0164. The van der Waals surface area contributed by atoms with Gasteiger partial charge in [0.1, 0.15) is 12.2 Å². The number of terminal acetylenes is 1. The zero-order chi connectivity index (χ0) is 13.9. The van der Waals surface area contributed by atoms with E-state index in [-0.39, 0.29) is 11.9 Å². The molecule has 5 heteroatoms. The Hall–Kier alpha value is -2.61. The first kappa shape index (κ1) is 12.4. The van der Waals surface area contributed by atoms with E-state index in [1.807, 2.05) is 4.90 Å². The van der Waals surface area contributed by atoms with Crippen molar-refractivity contribution >= 4 is 5.91 Å². The van der Waals surface area contributed by atoms with Crippen LogP contribution >= 0.6 is 0 Å². The summed E-state index contributed by atoms with van der Waals surface area (Å²) < 4.78 is 0. The quantitative estimate of drug-likeness (QED) is 0.842. The third-order valence-electron chi connectivity index (χ3n) is 3.56. The van der Waals surface area contributed by atoms with Gasteiger partial charge in [0.2, 0.25) is 0 Å². The van der Waals surface area contributed by atoms with E-state index in [0.717, 1.165) is 30.8 Å². The van der Waals surface area contributed by atoms with Crippen LogP contribution < -0.4 is 0 Å². The lowest BCUT2D eigenvalue weighted by molar-refractivity contribution is 0.0730. The van der Waals surface area contributed by atoms with E-state index in [9.17, 15) is 4.79 Å². The Morgan fingerprint density at radius 2 is 2.20 bits per heavy atom. The minimum absolute atomic E-state index is 0.00692. The van der Waals surface area contributed by atoms with Gasteiger partial charge >= 0.3 is 0 Å². The molecule has 20 heavy (non-hydrogen) atoms. The molecule has 0 radical (unpaired) electrons. The van der Waals surface area contributed by atoms with Gasteiger partial charge in [0, 0.05) is 17.7 Å². The summed E-state index contributed by atoms with van der Waals surface area (Å²) in [6, 6.07) is 7.09. The van der Waals surface area contributed by atoms with Crippen LogP contribution in [0.5, 0.6) is 0 Å². The lowest BCUT2D eigenvalue weighted by Gasteiger charge is -2.23. The van der Waals surface area contributed by atoms with Crippen LogP contribution in [0.15, 0.2) is 30.6 Å². The van der Waals surface area contributed by atoms with Gasteiger partial charge in [0.15, 0.2) is 0 Å². The number of hydrogen-bond acceptors (Lipinski definition) is 3. The summed E-state index contributed by atoms with van der Waals surface area (Å²) in [6.45, 7) is 0.737. The zero-order valence-electron chi connectivity index (χ0n) is 10.9. The van der Waals surface area contributed by atoms with Crippen molar-refractivity contribution in [2.75, 3.05) is 6.54 Å². The van der Waals surface area contributed by atoms with Crippen molar-refractivity contribution in [3.63, 3.8) is 0 Å². The standard InChI is InChI=1S/C15H14N4O/c1-2-11-5-7-12(8-6-11)15(20)19-9-3-4-13(19)14-16-10-17-18-14/h1,5-8,10,13H,3-4,9H2,(H,16,17,18)/t13-/m1/s1. The van der Waals surface area contributed by atoms with E-state index >= 15 is 0 Å². The molecule has 3 rings (SSSR count). The van der Waals surface area contributed by atoms with E-state index < -0.39 is 0 Å². The molecule has 5 nitrogen and oxygen atoms in total. The predicted octanol–water partition coefficient (Wildman–Crippen LogP) is 1.76. The van der Waals surface area contributed by atoms with Gasteiger partial charge in [0.25, 0.3) is 5.91 Å². The van der Waals surface area contributed by atoms with Crippen molar-refractivity contribution in [1.82, 2.24) is 20.1 Å². The van der Waals surface area contributed by atoms with Gasteiger partial charge in [0.05, 0.1) is 6.04 Å². The Morgan fingerprint density at radius 1 is 1.40 bits per heavy atom. The number of H-pyrrole nitrogens is 1. The first-order valence-electron chi connectivity index (χ1n) is 6.52. The molecule has 2 aromatic rings. The SMILES string of the molecule is C#Cc1ccc(C(=O)N2CCC[C@@H]2c2ncn[nH]2)cc1. The molecular weight excluding hydrogens is 252 g/mol. The highest BCUT2D eigenvalue weighted by atomic mass is 16.2. The average molecular weight is 266 g/mol. The molecule has 0 unspecified atom stereocenters. The summed E-state index contributed by atoms with van der Waals surface area (Å²) in [5.74, 6) is 3.30. The first-order chi connectivity index (χ1) is 9.79. The van der Waals surface area contributed by atoms with Crippen molar-refractivity contribution in [1.29, 1.82) is 0 Å². The van der Waals surface area contributed by atoms with E-state index in [2.05, 4.69) is 21.1 Å². The van der Waals surface area contributed by atoms with Crippen LogP contribution in [0, 0.1) is 12.3 Å². The predicted molar refractivity (Wildman–Crippen MR) is 73.8 cm³/mol. The summed E-state index contributed by atoms with van der Waals surface area (Å²) in [5, 5.41) is 6.71. The summed E-state index contributed by atoms with van der Waals surface area (Å²) in [7, 11) is 0.